The first kappa shape index (κ1) is 12.8. The van der Waals surface area contributed by atoms with E-state index in [1.807, 2.05) is 27.0 Å². The third-order valence-electron chi connectivity index (χ3n) is 5.01. The first-order valence-electron chi connectivity index (χ1n) is 7.70. The normalized spacial score (nSPS) is 24.2. The van der Waals surface area contributed by atoms with Gasteiger partial charge in [-0.2, -0.15) is 5.10 Å². The van der Waals surface area contributed by atoms with Crippen molar-refractivity contribution in [1.82, 2.24) is 19.7 Å². The van der Waals surface area contributed by atoms with E-state index >= 15 is 0 Å². The molecule has 1 amide bonds. The lowest BCUT2D eigenvalue weighted by Gasteiger charge is -2.22. The fraction of sp³-hybridized carbons (Fsp3) is 0.562. The van der Waals surface area contributed by atoms with Crippen LogP contribution in [0.3, 0.4) is 0 Å². The third-order valence-corrected chi connectivity index (χ3v) is 5.01. The fourth-order valence-electron chi connectivity index (χ4n) is 4.12. The van der Waals surface area contributed by atoms with Gasteiger partial charge in [0.25, 0.3) is 5.91 Å². The lowest BCUT2D eigenvalue weighted by atomic mass is 10.0. The number of fused-ring (bicyclic) bond motifs is 3. The molecule has 5 nitrogen and oxygen atoms in total. The Hall–Kier alpha value is -1.91. The zero-order chi connectivity index (χ0) is 14.7. The highest BCUT2D eigenvalue weighted by Gasteiger charge is 2.42. The van der Waals surface area contributed by atoms with Crippen molar-refractivity contribution in [2.45, 2.75) is 51.6 Å². The van der Waals surface area contributed by atoms with Gasteiger partial charge in [0.15, 0.2) is 5.65 Å². The highest BCUT2D eigenvalue weighted by molar-refractivity contribution is 6.07. The molecule has 0 unspecified atom stereocenters. The number of aryl methyl sites for hydroxylation is 3. The molecule has 4 rings (SSSR count). The molecule has 2 fully saturated rings. The van der Waals surface area contributed by atoms with E-state index in [2.05, 4.69) is 15.0 Å². The van der Waals surface area contributed by atoms with E-state index in [9.17, 15) is 4.79 Å². The van der Waals surface area contributed by atoms with Crippen LogP contribution >= 0.6 is 0 Å². The zero-order valence-corrected chi connectivity index (χ0v) is 12.8. The summed E-state index contributed by atoms with van der Waals surface area (Å²) in [4.78, 5) is 19.8. The highest BCUT2D eigenvalue weighted by Crippen LogP contribution is 2.39. The molecule has 21 heavy (non-hydrogen) atoms. The Balaban J connectivity index is 1.88. The highest BCUT2D eigenvalue weighted by atomic mass is 16.2. The summed E-state index contributed by atoms with van der Waals surface area (Å²) in [6, 6.07) is 2.82. The smallest absolute Gasteiger partial charge is 0.255 e. The number of carbonyl (C=O) groups excluding carboxylic acids is 1. The number of aromatic nitrogens is 3. The van der Waals surface area contributed by atoms with E-state index in [1.165, 1.54) is 0 Å². The van der Waals surface area contributed by atoms with Crippen molar-refractivity contribution in [2.24, 2.45) is 7.05 Å². The standard InChI is InChI=1S/C16H20N4O/c1-9-8-13(14-10(2)18-19(3)15(14)17-9)16(21)20-11-4-5-12(20)7-6-11/h8,11-12H,4-7H2,1-3H3. The molecule has 0 saturated carbocycles. The summed E-state index contributed by atoms with van der Waals surface area (Å²) in [6.07, 6.45) is 4.65. The van der Waals surface area contributed by atoms with E-state index in [-0.39, 0.29) is 5.91 Å². The van der Waals surface area contributed by atoms with Gasteiger partial charge >= 0.3 is 0 Å². The zero-order valence-electron chi connectivity index (χ0n) is 12.8. The van der Waals surface area contributed by atoms with Crippen LogP contribution in [0.5, 0.6) is 0 Å². The predicted octanol–water partition coefficient (Wildman–Crippen LogP) is 2.35. The van der Waals surface area contributed by atoms with Crippen LogP contribution in [0.4, 0.5) is 0 Å². The number of hydrogen-bond acceptors (Lipinski definition) is 3. The predicted molar refractivity (Wildman–Crippen MR) is 80.2 cm³/mol. The quantitative estimate of drug-likeness (QED) is 0.807. The fourth-order valence-corrected chi connectivity index (χ4v) is 4.12. The van der Waals surface area contributed by atoms with Crippen molar-refractivity contribution in [3.8, 4) is 0 Å². The van der Waals surface area contributed by atoms with Crippen LogP contribution in [0.1, 0.15) is 47.4 Å². The summed E-state index contributed by atoms with van der Waals surface area (Å²) < 4.78 is 1.77. The average molecular weight is 284 g/mol. The van der Waals surface area contributed by atoms with Crippen LogP contribution < -0.4 is 0 Å². The summed E-state index contributed by atoms with van der Waals surface area (Å²) in [6.45, 7) is 3.89. The third kappa shape index (κ3) is 1.73. The first-order valence-corrected chi connectivity index (χ1v) is 7.70. The van der Waals surface area contributed by atoms with E-state index in [1.54, 1.807) is 4.68 Å². The number of hydrogen-bond donors (Lipinski definition) is 0. The van der Waals surface area contributed by atoms with Crippen LogP contribution in [0.25, 0.3) is 11.0 Å². The molecule has 2 aliphatic rings. The second kappa shape index (κ2) is 4.29. The minimum Gasteiger partial charge on any atom is -0.333 e. The van der Waals surface area contributed by atoms with Crippen LogP contribution in [0.15, 0.2) is 6.07 Å². The maximum absolute atomic E-state index is 13.1. The number of carbonyl (C=O) groups is 1. The molecule has 2 aromatic heterocycles. The molecule has 0 spiro atoms. The topological polar surface area (TPSA) is 51.0 Å². The van der Waals surface area contributed by atoms with Gasteiger partial charge < -0.3 is 4.90 Å². The summed E-state index contributed by atoms with van der Waals surface area (Å²) in [7, 11) is 1.88. The molecule has 4 heterocycles. The summed E-state index contributed by atoms with van der Waals surface area (Å²) >= 11 is 0. The van der Waals surface area contributed by atoms with E-state index in [0.717, 1.165) is 53.7 Å². The van der Waals surface area contributed by atoms with Gasteiger partial charge in [-0.1, -0.05) is 0 Å². The van der Waals surface area contributed by atoms with Gasteiger partial charge in [0, 0.05) is 24.8 Å². The van der Waals surface area contributed by atoms with Gasteiger partial charge in [0.1, 0.15) is 0 Å². The lowest BCUT2D eigenvalue weighted by molar-refractivity contribution is 0.0731. The molecule has 2 aliphatic heterocycles. The molecular formula is C16H20N4O. The van der Waals surface area contributed by atoms with Gasteiger partial charge in [-0.15, -0.1) is 0 Å². The number of amides is 1. The number of rotatable bonds is 1. The summed E-state index contributed by atoms with van der Waals surface area (Å²) in [5.41, 5.74) is 3.35. The molecule has 0 aliphatic carbocycles. The molecule has 110 valence electrons. The van der Waals surface area contributed by atoms with Gasteiger partial charge in [-0.25, -0.2) is 4.98 Å². The summed E-state index contributed by atoms with van der Waals surface area (Å²) in [5, 5.41) is 5.35. The minimum atomic E-state index is 0.173. The maximum atomic E-state index is 13.1. The lowest BCUT2D eigenvalue weighted by Crippen LogP contribution is -2.35. The largest absolute Gasteiger partial charge is 0.333 e. The Morgan fingerprint density at radius 1 is 1.19 bits per heavy atom. The SMILES string of the molecule is Cc1cc(C(=O)N2C3CCC2CC3)c2c(C)nn(C)c2n1. The second-order valence-electron chi connectivity index (χ2n) is 6.39. The average Bonchev–Trinajstić information content (AvgIpc) is 3.11. The molecule has 2 saturated heterocycles. The maximum Gasteiger partial charge on any atom is 0.255 e. The van der Waals surface area contributed by atoms with Gasteiger partial charge in [-0.05, 0) is 45.6 Å². The van der Waals surface area contributed by atoms with Crippen molar-refractivity contribution < 1.29 is 4.79 Å². The van der Waals surface area contributed by atoms with Crippen molar-refractivity contribution in [3.05, 3.63) is 23.0 Å². The number of nitrogens with zero attached hydrogens (tertiary/aromatic N) is 4. The van der Waals surface area contributed by atoms with Crippen LogP contribution in [-0.4, -0.2) is 37.7 Å². The Labute approximate surface area is 123 Å². The van der Waals surface area contributed by atoms with E-state index in [4.69, 9.17) is 0 Å². The Bertz CT molecular complexity index is 728. The molecule has 0 atom stereocenters. The van der Waals surface area contributed by atoms with Crippen molar-refractivity contribution >= 4 is 16.9 Å². The van der Waals surface area contributed by atoms with Crippen LogP contribution in [0, 0.1) is 13.8 Å². The summed E-state index contributed by atoms with van der Waals surface area (Å²) in [5.74, 6) is 0.173. The Morgan fingerprint density at radius 3 is 2.43 bits per heavy atom. The molecule has 0 N–H and O–H groups in total. The second-order valence-corrected chi connectivity index (χ2v) is 6.39. The molecule has 0 aromatic carbocycles. The minimum absolute atomic E-state index is 0.173. The molecular weight excluding hydrogens is 264 g/mol. The van der Waals surface area contributed by atoms with Crippen molar-refractivity contribution in [3.63, 3.8) is 0 Å². The van der Waals surface area contributed by atoms with Gasteiger partial charge in [0.05, 0.1) is 16.6 Å². The van der Waals surface area contributed by atoms with Crippen LogP contribution in [-0.2, 0) is 7.05 Å². The Kier molecular flexibility index (Phi) is 2.62. The molecule has 2 aromatic rings. The van der Waals surface area contributed by atoms with E-state index < -0.39 is 0 Å². The molecule has 0 radical (unpaired) electrons. The van der Waals surface area contributed by atoms with Gasteiger partial charge in [0.2, 0.25) is 0 Å². The first-order chi connectivity index (χ1) is 10.1. The van der Waals surface area contributed by atoms with Crippen molar-refractivity contribution in [1.29, 1.82) is 0 Å². The van der Waals surface area contributed by atoms with Crippen molar-refractivity contribution in [2.75, 3.05) is 0 Å². The Morgan fingerprint density at radius 2 is 1.81 bits per heavy atom. The number of pyridine rings is 1. The monoisotopic (exact) mass is 284 g/mol. The van der Waals surface area contributed by atoms with Crippen LogP contribution in [0.2, 0.25) is 0 Å². The molecule has 5 heteroatoms. The molecule has 2 bridgehead atoms. The van der Waals surface area contributed by atoms with Gasteiger partial charge in [-0.3, -0.25) is 9.48 Å². The van der Waals surface area contributed by atoms with E-state index in [0.29, 0.717) is 12.1 Å².